The molecule has 0 radical (unpaired) electrons. The van der Waals surface area contributed by atoms with Crippen molar-refractivity contribution in [1.29, 1.82) is 0 Å². The molecule has 0 unspecified atom stereocenters. The third-order valence-corrected chi connectivity index (χ3v) is 2.71. The minimum atomic E-state index is 0.570. The van der Waals surface area contributed by atoms with E-state index >= 15 is 0 Å². The predicted molar refractivity (Wildman–Crippen MR) is 53.0 cm³/mol. The molecule has 1 aliphatic heterocycles. The van der Waals surface area contributed by atoms with Gasteiger partial charge in [-0.05, 0) is 13.0 Å². The normalized spacial score (nSPS) is 19.4. The largest absolute Gasteiger partial charge is 0.373 e. The van der Waals surface area contributed by atoms with Gasteiger partial charge in [-0.15, -0.1) is 0 Å². The van der Waals surface area contributed by atoms with Crippen molar-refractivity contribution in [3.8, 4) is 0 Å². The van der Waals surface area contributed by atoms with Gasteiger partial charge in [0.2, 0.25) is 0 Å². The highest BCUT2D eigenvalue weighted by atomic mass is 15.3. The number of likely N-dealkylation sites (N-methyl/N-ethyl adjacent to an activating group) is 2. The Morgan fingerprint density at radius 2 is 2.00 bits per heavy atom. The van der Waals surface area contributed by atoms with Gasteiger partial charge in [0, 0.05) is 25.8 Å². The molecular weight excluding hydrogens is 148 g/mol. The van der Waals surface area contributed by atoms with Crippen molar-refractivity contribution in [2.75, 3.05) is 27.2 Å². The monoisotopic (exact) mass is 168 g/mol. The van der Waals surface area contributed by atoms with Crippen LogP contribution in [0.2, 0.25) is 0 Å². The molecule has 0 bridgehead atoms. The van der Waals surface area contributed by atoms with Crippen LogP contribution < -0.4 is 0 Å². The minimum absolute atomic E-state index is 0.570. The van der Waals surface area contributed by atoms with Gasteiger partial charge in [-0.1, -0.05) is 20.4 Å². The standard InChI is InChI=1S/C10H20N2/c1-8(2)9(3)12(5)10-6-11(4)7-10/h8,10H,3,6-7H2,1-2,4-5H3. The molecule has 0 N–H and O–H groups in total. The van der Waals surface area contributed by atoms with Crippen molar-refractivity contribution in [3.63, 3.8) is 0 Å². The van der Waals surface area contributed by atoms with Crippen LogP contribution in [0, 0.1) is 5.92 Å². The first kappa shape index (κ1) is 9.59. The summed E-state index contributed by atoms with van der Waals surface area (Å²) < 4.78 is 0. The zero-order chi connectivity index (χ0) is 9.30. The van der Waals surface area contributed by atoms with E-state index in [1.807, 2.05) is 0 Å². The van der Waals surface area contributed by atoms with E-state index in [0.29, 0.717) is 12.0 Å². The van der Waals surface area contributed by atoms with Gasteiger partial charge in [0.05, 0.1) is 6.04 Å². The fourth-order valence-corrected chi connectivity index (χ4v) is 1.55. The smallest absolute Gasteiger partial charge is 0.0537 e. The Balaban J connectivity index is 2.38. The van der Waals surface area contributed by atoms with Gasteiger partial charge in [0.1, 0.15) is 0 Å². The molecule has 1 heterocycles. The molecule has 12 heavy (non-hydrogen) atoms. The van der Waals surface area contributed by atoms with Gasteiger partial charge in [-0.25, -0.2) is 0 Å². The van der Waals surface area contributed by atoms with Crippen molar-refractivity contribution in [2.24, 2.45) is 5.92 Å². The zero-order valence-electron chi connectivity index (χ0n) is 8.67. The van der Waals surface area contributed by atoms with E-state index < -0.39 is 0 Å². The Bertz CT molecular complexity index is 169. The fraction of sp³-hybridized carbons (Fsp3) is 0.800. The summed E-state index contributed by atoms with van der Waals surface area (Å²) in [5.74, 6) is 0.570. The van der Waals surface area contributed by atoms with E-state index in [0.717, 1.165) is 0 Å². The maximum Gasteiger partial charge on any atom is 0.0537 e. The summed E-state index contributed by atoms with van der Waals surface area (Å²) in [5, 5.41) is 0. The molecule has 0 aromatic rings. The lowest BCUT2D eigenvalue weighted by atomic mass is 10.0. The molecule has 1 rings (SSSR count). The van der Waals surface area contributed by atoms with Gasteiger partial charge in [-0.3, -0.25) is 0 Å². The summed E-state index contributed by atoms with van der Waals surface area (Å²) in [6.07, 6.45) is 0. The van der Waals surface area contributed by atoms with Crippen molar-refractivity contribution in [2.45, 2.75) is 19.9 Å². The first-order valence-electron chi connectivity index (χ1n) is 4.62. The molecule has 70 valence electrons. The summed E-state index contributed by atoms with van der Waals surface area (Å²) in [5.41, 5.74) is 1.26. The number of likely N-dealkylation sites (tertiary alicyclic amines) is 1. The topological polar surface area (TPSA) is 6.48 Å². The Morgan fingerprint density at radius 1 is 1.50 bits per heavy atom. The van der Waals surface area contributed by atoms with E-state index in [1.165, 1.54) is 18.8 Å². The molecule has 1 aliphatic rings. The summed E-state index contributed by atoms with van der Waals surface area (Å²) in [6, 6.07) is 0.699. The molecule has 0 amide bonds. The van der Waals surface area contributed by atoms with Crippen LogP contribution in [-0.4, -0.2) is 43.0 Å². The van der Waals surface area contributed by atoms with Crippen molar-refractivity contribution >= 4 is 0 Å². The van der Waals surface area contributed by atoms with Crippen molar-refractivity contribution in [3.05, 3.63) is 12.3 Å². The molecule has 0 aromatic carbocycles. The molecule has 2 nitrogen and oxygen atoms in total. The van der Waals surface area contributed by atoms with E-state index in [2.05, 4.69) is 44.3 Å². The third kappa shape index (κ3) is 1.81. The highest BCUT2D eigenvalue weighted by Crippen LogP contribution is 2.19. The number of allylic oxidation sites excluding steroid dienone is 1. The van der Waals surface area contributed by atoms with E-state index in [9.17, 15) is 0 Å². The first-order valence-corrected chi connectivity index (χ1v) is 4.62. The lowest BCUT2D eigenvalue weighted by Gasteiger charge is -2.44. The van der Waals surface area contributed by atoms with Crippen LogP contribution in [0.15, 0.2) is 12.3 Å². The Labute approximate surface area is 75.8 Å². The summed E-state index contributed by atoms with van der Waals surface area (Å²) in [6.45, 7) is 10.8. The second-order valence-electron chi connectivity index (χ2n) is 4.13. The van der Waals surface area contributed by atoms with Crippen molar-refractivity contribution < 1.29 is 0 Å². The Kier molecular flexibility index (Phi) is 2.78. The van der Waals surface area contributed by atoms with E-state index in [-0.39, 0.29) is 0 Å². The number of nitrogens with zero attached hydrogens (tertiary/aromatic N) is 2. The van der Waals surface area contributed by atoms with Crippen LogP contribution in [0.3, 0.4) is 0 Å². The Morgan fingerprint density at radius 3 is 2.33 bits per heavy atom. The molecule has 0 spiro atoms. The number of hydrogen-bond acceptors (Lipinski definition) is 2. The van der Waals surface area contributed by atoms with Crippen LogP contribution in [-0.2, 0) is 0 Å². The maximum atomic E-state index is 4.09. The van der Waals surface area contributed by atoms with Crippen LogP contribution in [0.25, 0.3) is 0 Å². The lowest BCUT2D eigenvalue weighted by Crippen LogP contribution is -2.56. The molecule has 0 aromatic heterocycles. The molecule has 0 saturated carbocycles. The zero-order valence-corrected chi connectivity index (χ0v) is 8.67. The quantitative estimate of drug-likeness (QED) is 0.628. The van der Waals surface area contributed by atoms with Gasteiger partial charge >= 0.3 is 0 Å². The third-order valence-electron chi connectivity index (χ3n) is 2.71. The average molecular weight is 168 g/mol. The van der Waals surface area contributed by atoms with Gasteiger partial charge in [0.15, 0.2) is 0 Å². The highest BCUT2D eigenvalue weighted by molar-refractivity contribution is 5.01. The summed E-state index contributed by atoms with van der Waals surface area (Å²) in [4.78, 5) is 4.65. The molecule has 2 heteroatoms. The SMILES string of the molecule is C=C(C(C)C)N(C)C1CN(C)C1. The average Bonchev–Trinajstić information content (AvgIpc) is 1.95. The molecule has 0 atom stereocenters. The maximum absolute atomic E-state index is 4.09. The van der Waals surface area contributed by atoms with Crippen LogP contribution in [0.1, 0.15) is 13.8 Å². The summed E-state index contributed by atoms with van der Waals surface area (Å²) in [7, 11) is 4.31. The molecule has 1 fully saturated rings. The van der Waals surface area contributed by atoms with Crippen LogP contribution in [0.4, 0.5) is 0 Å². The van der Waals surface area contributed by atoms with Gasteiger partial charge < -0.3 is 9.80 Å². The lowest BCUT2D eigenvalue weighted by molar-refractivity contribution is 0.0867. The Hall–Kier alpha value is -0.500. The molecule has 0 aliphatic carbocycles. The summed E-state index contributed by atoms with van der Waals surface area (Å²) >= 11 is 0. The predicted octanol–water partition coefficient (Wildman–Crippen LogP) is 1.40. The number of rotatable bonds is 3. The second kappa shape index (κ2) is 3.48. The van der Waals surface area contributed by atoms with E-state index in [4.69, 9.17) is 0 Å². The minimum Gasteiger partial charge on any atom is -0.373 e. The van der Waals surface area contributed by atoms with Gasteiger partial charge in [-0.2, -0.15) is 0 Å². The van der Waals surface area contributed by atoms with Gasteiger partial charge in [0.25, 0.3) is 0 Å². The number of hydrogen-bond donors (Lipinski definition) is 0. The fourth-order valence-electron chi connectivity index (χ4n) is 1.55. The molecular formula is C10H20N2. The van der Waals surface area contributed by atoms with Crippen molar-refractivity contribution in [1.82, 2.24) is 9.80 Å². The highest BCUT2D eigenvalue weighted by Gasteiger charge is 2.27. The van der Waals surface area contributed by atoms with Crippen LogP contribution >= 0.6 is 0 Å². The van der Waals surface area contributed by atoms with Crippen LogP contribution in [0.5, 0.6) is 0 Å². The van der Waals surface area contributed by atoms with E-state index in [1.54, 1.807) is 0 Å². The molecule has 1 saturated heterocycles. The first-order chi connectivity index (χ1) is 5.52. The second-order valence-corrected chi connectivity index (χ2v) is 4.13.